The summed E-state index contributed by atoms with van der Waals surface area (Å²) in [5.41, 5.74) is 5.73. The summed E-state index contributed by atoms with van der Waals surface area (Å²) < 4.78 is 11.4. The zero-order valence-electron chi connectivity index (χ0n) is 32.1. The highest BCUT2D eigenvalue weighted by atomic mass is 32.2. The third-order valence-corrected chi connectivity index (χ3v) is 9.98. The van der Waals surface area contributed by atoms with E-state index >= 15 is 0 Å². The fraction of sp³-hybridized carbons (Fsp3) is 0.545. The first-order chi connectivity index (χ1) is 23.7. The van der Waals surface area contributed by atoms with Crippen molar-refractivity contribution in [3.63, 3.8) is 0 Å². The number of phenolic OH excluding ortho intramolecular Hbond substituents is 1. The molecule has 0 aliphatic carbocycles. The van der Waals surface area contributed by atoms with E-state index in [0.29, 0.717) is 35.2 Å². The Kier molecular flexibility index (Phi) is 16.4. The summed E-state index contributed by atoms with van der Waals surface area (Å²) in [6.45, 7) is 16.9. The van der Waals surface area contributed by atoms with Crippen LogP contribution in [0.2, 0.25) is 0 Å². The molecule has 3 aromatic rings. The molecule has 0 saturated heterocycles. The van der Waals surface area contributed by atoms with Gasteiger partial charge >= 0.3 is 11.9 Å². The van der Waals surface area contributed by atoms with Crippen molar-refractivity contribution >= 4 is 23.7 Å². The number of carbonyl (C=O) groups is 2. The van der Waals surface area contributed by atoms with Gasteiger partial charge in [-0.05, 0) is 76.6 Å². The van der Waals surface area contributed by atoms with E-state index in [1.807, 2.05) is 31.2 Å². The largest absolute Gasteiger partial charge is 0.507 e. The summed E-state index contributed by atoms with van der Waals surface area (Å²) in [6, 6.07) is 17.9. The zero-order valence-corrected chi connectivity index (χ0v) is 32.9. The second-order valence-corrected chi connectivity index (χ2v) is 17.0. The van der Waals surface area contributed by atoms with Crippen molar-refractivity contribution < 1.29 is 24.2 Å². The van der Waals surface area contributed by atoms with Gasteiger partial charge in [0.2, 0.25) is 0 Å². The summed E-state index contributed by atoms with van der Waals surface area (Å²) in [6.07, 6.45) is 12.6. The van der Waals surface area contributed by atoms with Crippen molar-refractivity contribution in [2.75, 3.05) is 11.5 Å². The molecule has 274 valence electrons. The Bertz CT molecular complexity index is 1480. The van der Waals surface area contributed by atoms with E-state index in [4.69, 9.17) is 9.47 Å². The third-order valence-electron chi connectivity index (χ3n) is 9.00. The van der Waals surface area contributed by atoms with Crippen molar-refractivity contribution in [2.45, 2.75) is 143 Å². The highest BCUT2D eigenvalue weighted by Gasteiger charge is 2.27. The van der Waals surface area contributed by atoms with Crippen LogP contribution < -0.4 is 9.47 Å². The van der Waals surface area contributed by atoms with Crippen LogP contribution in [0.5, 0.6) is 17.2 Å². The molecule has 50 heavy (non-hydrogen) atoms. The van der Waals surface area contributed by atoms with Crippen LogP contribution in [0.1, 0.15) is 146 Å². The van der Waals surface area contributed by atoms with Gasteiger partial charge in [0.1, 0.15) is 17.2 Å². The predicted molar refractivity (Wildman–Crippen MR) is 210 cm³/mol. The number of esters is 2. The molecule has 0 bridgehead atoms. The Morgan fingerprint density at radius 1 is 0.680 bits per heavy atom. The normalized spacial score (nSPS) is 11.8. The minimum absolute atomic E-state index is 0.228. The summed E-state index contributed by atoms with van der Waals surface area (Å²) in [7, 11) is 0. The van der Waals surface area contributed by atoms with Crippen LogP contribution in [0.15, 0.2) is 54.6 Å². The number of carbonyl (C=O) groups excluding carboxylic acids is 2. The van der Waals surface area contributed by atoms with Gasteiger partial charge < -0.3 is 14.6 Å². The quantitative estimate of drug-likeness (QED) is 0.0761. The first kappa shape index (κ1) is 41.2. The van der Waals surface area contributed by atoms with E-state index in [2.05, 4.69) is 78.8 Å². The van der Waals surface area contributed by atoms with Crippen molar-refractivity contribution in [3.05, 3.63) is 88.0 Å². The third kappa shape index (κ3) is 14.2. The molecular weight excluding hydrogens is 641 g/mol. The molecule has 3 aromatic carbocycles. The molecule has 0 unspecified atom stereocenters. The lowest BCUT2D eigenvalue weighted by Gasteiger charge is -2.28. The fourth-order valence-electron chi connectivity index (χ4n) is 6.06. The predicted octanol–water partition coefficient (Wildman–Crippen LogP) is 11.6. The van der Waals surface area contributed by atoms with Gasteiger partial charge in [0.25, 0.3) is 0 Å². The summed E-state index contributed by atoms with van der Waals surface area (Å²) in [5.74, 6) is 2.06. The first-order valence-electron chi connectivity index (χ1n) is 18.7. The van der Waals surface area contributed by atoms with Gasteiger partial charge in [0, 0.05) is 17.9 Å². The maximum Gasteiger partial charge on any atom is 0.312 e. The summed E-state index contributed by atoms with van der Waals surface area (Å²) >= 11 is 1.54. The molecule has 1 N–H and O–H groups in total. The molecule has 0 spiro atoms. The van der Waals surface area contributed by atoms with E-state index in [9.17, 15) is 14.7 Å². The fourth-order valence-corrected chi connectivity index (χ4v) is 6.89. The van der Waals surface area contributed by atoms with Gasteiger partial charge in [0.15, 0.2) is 0 Å². The molecule has 3 rings (SSSR count). The monoisotopic (exact) mass is 702 g/mol. The average molecular weight is 703 g/mol. The molecule has 0 amide bonds. The maximum absolute atomic E-state index is 12.9. The van der Waals surface area contributed by atoms with Crippen LogP contribution in [-0.2, 0) is 33.3 Å². The molecular formula is C44H62O5S. The Morgan fingerprint density at radius 3 is 1.78 bits per heavy atom. The second kappa shape index (κ2) is 20.0. The second-order valence-electron chi connectivity index (χ2n) is 15.8. The molecule has 0 aromatic heterocycles. The smallest absolute Gasteiger partial charge is 0.312 e. The van der Waals surface area contributed by atoms with E-state index in [1.165, 1.54) is 56.9 Å². The Labute approximate surface area is 307 Å². The molecule has 0 radical (unpaired) electrons. The van der Waals surface area contributed by atoms with Crippen LogP contribution in [0.25, 0.3) is 0 Å². The Morgan fingerprint density at radius 2 is 1.22 bits per heavy atom. The SMILES string of the molecule is CCCCCCCCCCc1ccc(OC(=O)CCSCCC(=O)Oc2ccc(C)cc2Cc2cc(C(C)(C)C)c(O)c(C(C)(C)C)c2)cc1. The van der Waals surface area contributed by atoms with Crippen LogP contribution in [0.4, 0.5) is 0 Å². The number of unbranched alkanes of at least 4 members (excludes halogenated alkanes) is 7. The number of thioether (sulfide) groups is 1. The number of hydrogen-bond acceptors (Lipinski definition) is 6. The van der Waals surface area contributed by atoms with E-state index in [0.717, 1.165) is 34.2 Å². The van der Waals surface area contributed by atoms with E-state index in [1.54, 1.807) is 11.8 Å². The van der Waals surface area contributed by atoms with E-state index in [-0.39, 0.29) is 35.6 Å². The topological polar surface area (TPSA) is 72.8 Å². The van der Waals surface area contributed by atoms with Gasteiger partial charge in [-0.15, -0.1) is 0 Å². The van der Waals surface area contributed by atoms with Gasteiger partial charge in [0.05, 0.1) is 12.8 Å². The maximum atomic E-state index is 12.9. The van der Waals surface area contributed by atoms with Crippen LogP contribution in [0, 0.1) is 6.92 Å². The minimum Gasteiger partial charge on any atom is -0.507 e. The lowest BCUT2D eigenvalue weighted by atomic mass is 9.78. The van der Waals surface area contributed by atoms with E-state index < -0.39 is 0 Å². The van der Waals surface area contributed by atoms with Crippen LogP contribution in [-0.4, -0.2) is 28.6 Å². The highest BCUT2D eigenvalue weighted by molar-refractivity contribution is 7.99. The lowest BCUT2D eigenvalue weighted by molar-refractivity contribution is -0.134. The van der Waals surface area contributed by atoms with Crippen molar-refractivity contribution in [3.8, 4) is 17.2 Å². The molecule has 5 nitrogen and oxygen atoms in total. The van der Waals surface area contributed by atoms with Crippen molar-refractivity contribution in [1.82, 2.24) is 0 Å². The lowest BCUT2D eigenvalue weighted by Crippen LogP contribution is -2.18. The summed E-state index contributed by atoms with van der Waals surface area (Å²) in [4.78, 5) is 25.3. The number of hydrogen-bond donors (Lipinski definition) is 1. The molecule has 0 fully saturated rings. The molecule has 0 saturated carbocycles. The Hall–Kier alpha value is -3.25. The number of benzene rings is 3. The molecule has 0 aliphatic rings. The molecule has 0 heterocycles. The van der Waals surface area contributed by atoms with Gasteiger partial charge in [-0.2, -0.15) is 11.8 Å². The summed E-state index contributed by atoms with van der Waals surface area (Å²) in [5, 5.41) is 11.2. The van der Waals surface area contributed by atoms with Gasteiger partial charge in [-0.1, -0.05) is 135 Å². The van der Waals surface area contributed by atoms with Gasteiger partial charge in [-0.3, -0.25) is 9.59 Å². The molecule has 6 heteroatoms. The van der Waals surface area contributed by atoms with Gasteiger partial charge in [-0.25, -0.2) is 0 Å². The number of rotatable bonds is 19. The number of ether oxygens (including phenoxy) is 2. The molecule has 0 atom stereocenters. The standard InChI is InChI=1S/C44H62O5S/c1-9-10-11-12-13-14-15-16-17-33-19-21-36(22-20-33)48-40(45)24-26-50-27-25-41(46)49-39-23-18-32(2)28-35(39)29-34-30-37(43(3,4)5)42(47)38(31-34)44(6,7)8/h18-23,28,30-31,47H,9-17,24-27,29H2,1-8H3. The molecule has 0 aliphatic heterocycles. The average Bonchev–Trinajstić information content (AvgIpc) is 3.04. The highest BCUT2D eigenvalue weighted by Crippen LogP contribution is 2.40. The van der Waals surface area contributed by atoms with Crippen molar-refractivity contribution in [1.29, 1.82) is 0 Å². The van der Waals surface area contributed by atoms with Crippen LogP contribution in [0.3, 0.4) is 0 Å². The Balaban J connectivity index is 1.43. The zero-order chi connectivity index (χ0) is 36.7. The minimum atomic E-state index is -0.297. The van der Waals surface area contributed by atoms with Crippen molar-refractivity contribution in [2.24, 2.45) is 0 Å². The number of phenols is 1. The number of aryl methyl sites for hydroxylation is 2. The number of aromatic hydroxyl groups is 1. The first-order valence-corrected chi connectivity index (χ1v) is 19.9. The van der Waals surface area contributed by atoms with Crippen LogP contribution >= 0.6 is 11.8 Å².